The van der Waals surface area contributed by atoms with Gasteiger partial charge in [-0.05, 0) is 42.2 Å². The fraction of sp³-hybridized carbons (Fsp3) is 0.435. The van der Waals surface area contributed by atoms with Crippen LogP contribution in [0, 0.1) is 0 Å². The van der Waals surface area contributed by atoms with Crippen LogP contribution in [0.25, 0.3) is 11.0 Å². The Kier molecular flexibility index (Phi) is 5.36. The van der Waals surface area contributed by atoms with Crippen molar-refractivity contribution in [1.29, 1.82) is 0 Å². The minimum absolute atomic E-state index is 0.0204. The smallest absolute Gasteiger partial charge is 0.119 e. The minimum Gasteiger partial charge on any atom is -0.494 e. The lowest BCUT2D eigenvalue weighted by Crippen LogP contribution is -2.19. The summed E-state index contributed by atoms with van der Waals surface area (Å²) in [7, 11) is 0. The van der Waals surface area contributed by atoms with Gasteiger partial charge < -0.3 is 9.30 Å². The third-order valence-corrected chi connectivity index (χ3v) is 4.67. The summed E-state index contributed by atoms with van der Waals surface area (Å²) in [6, 6.07) is 16.8. The van der Waals surface area contributed by atoms with Crippen LogP contribution in [0.1, 0.15) is 58.3 Å². The van der Waals surface area contributed by atoms with E-state index in [-0.39, 0.29) is 5.41 Å². The molecule has 0 aliphatic rings. The van der Waals surface area contributed by atoms with Crippen LogP contribution in [-0.4, -0.2) is 16.2 Å². The maximum absolute atomic E-state index is 5.94. The number of hydrogen-bond acceptors (Lipinski definition) is 2. The van der Waals surface area contributed by atoms with Crippen molar-refractivity contribution in [3.05, 3.63) is 59.9 Å². The summed E-state index contributed by atoms with van der Waals surface area (Å²) in [5, 5.41) is 0. The largest absolute Gasteiger partial charge is 0.494 e. The van der Waals surface area contributed by atoms with Gasteiger partial charge in [-0.1, -0.05) is 58.9 Å². The second kappa shape index (κ2) is 7.53. The quantitative estimate of drug-likeness (QED) is 0.515. The Bertz CT molecular complexity index is 854. The summed E-state index contributed by atoms with van der Waals surface area (Å²) in [5.74, 6) is 2.63. The normalized spacial score (nSPS) is 12.1. The molecule has 0 spiro atoms. The summed E-state index contributed by atoms with van der Waals surface area (Å²) in [4.78, 5) is 4.87. The molecule has 1 aromatic heterocycles. The van der Waals surface area contributed by atoms with Gasteiger partial charge in [0.15, 0.2) is 0 Å². The molecular formula is C23H30N2O. The molecule has 0 bridgehead atoms. The molecule has 0 radical (unpaired) electrons. The standard InChI is InChI=1S/C23H30N2O/c1-17(2)18-11-13-19(14-12-18)26-16-8-15-25-21-10-7-6-9-20(21)24-22(25)23(3,4)5/h6-7,9-14,17H,8,15-16H2,1-5H3. The second-order valence-electron chi connectivity index (χ2n) is 8.25. The molecule has 0 unspecified atom stereocenters. The van der Waals surface area contributed by atoms with E-state index >= 15 is 0 Å². The van der Waals surface area contributed by atoms with Crippen LogP contribution in [-0.2, 0) is 12.0 Å². The lowest BCUT2D eigenvalue weighted by molar-refractivity contribution is 0.300. The number of fused-ring (bicyclic) bond motifs is 1. The molecule has 26 heavy (non-hydrogen) atoms. The Hall–Kier alpha value is -2.29. The van der Waals surface area contributed by atoms with E-state index in [4.69, 9.17) is 9.72 Å². The van der Waals surface area contributed by atoms with Gasteiger partial charge in [-0.3, -0.25) is 0 Å². The van der Waals surface area contributed by atoms with Crippen LogP contribution < -0.4 is 4.74 Å². The predicted molar refractivity (Wildman–Crippen MR) is 109 cm³/mol. The first kappa shape index (κ1) is 18.5. The number of ether oxygens (including phenoxy) is 1. The highest BCUT2D eigenvalue weighted by Crippen LogP contribution is 2.26. The molecule has 0 amide bonds. The zero-order valence-corrected chi connectivity index (χ0v) is 16.6. The molecule has 0 aliphatic heterocycles. The number of benzene rings is 2. The van der Waals surface area contributed by atoms with Crippen LogP contribution in [0.5, 0.6) is 5.75 Å². The lowest BCUT2D eigenvalue weighted by atomic mass is 9.95. The monoisotopic (exact) mass is 350 g/mol. The van der Waals surface area contributed by atoms with E-state index in [1.54, 1.807) is 0 Å². The Morgan fingerprint density at radius 3 is 2.35 bits per heavy atom. The van der Waals surface area contributed by atoms with Crippen molar-refractivity contribution < 1.29 is 4.74 Å². The molecule has 0 aliphatic carbocycles. The van der Waals surface area contributed by atoms with E-state index in [9.17, 15) is 0 Å². The number of hydrogen-bond donors (Lipinski definition) is 0. The highest BCUT2D eigenvalue weighted by Gasteiger charge is 2.22. The summed E-state index contributed by atoms with van der Waals surface area (Å²) in [5.41, 5.74) is 3.64. The number of imidazole rings is 1. The second-order valence-corrected chi connectivity index (χ2v) is 8.25. The number of aryl methyl sites for hydroxylation is 1. The maximum Gasteiger partial charge on any atom is 0.119 e. The molecule has 0 fully saturated rings. The van der Waals surface area contributed by atoms with Gasteiger partial charge in [0.1, 0.15) is 11.6 Å². The maximum atomic E-state index is 5.94. The van der Waals surface area contributed by atoms with Gasteiger partial charge >= 0.3 is 0 Å². The fourth-order valence-electron chi connectivity index (χ4n) is 3.24. The van der Waals surface area contributed by atoms with Crippen LogP contribution in [0.4, 0.5) is 0 Å². The third-order valence-electron chi connectivity index (χ3n) is 4.67. The minimum atomic E-state index is 0.0204. The van der Waals surface area contributed by atoms with Gasteiger partial charge in [0.25, 0.3) is 0 Å². The molecule has 2 aromatic carbocycles. The van der Waals surface area contributed by atoms with E-state index in [0.717, 1.165) is 30.1 Å². The van der Waals surface area contributed by atoms with Crippen LogP contribution in [0.15, 0.2) is 48.5 Å². The Morgan fingerprint density at radius 1 is 1.00 bits per heavy atom. The van der Waals surface area contributed by atoms with Crippen LogP contribution >= 0.6 is 0 Å². The number of rotatable bonds is 6. The van der Waals surface area contributed by atoms with E-state index in [0.29, 0.717) is 12.5 Å². The third kappa shape index (κ3) is 4.09. The molecule has 1 heterocycles. The molecule has 3 heteroatoms. The first-order valence-electron chi connectivity index (χ1n) is 9.55. The Morgan fingerprint density at radius 2 is 1.69 bits per heavy atom. The van der Waals surface area contributed by atoms with E-state index < -0.39 is 0 Å². The van der Waals surface area contributed by atoms with Gasteiger partial charge in [-0.15, -0.1) is 0 Å². The number of para-hydroxylation sites is 2. The van der Waals surface area contributed by atoms with Crippen molar-refractivity contribution in [2.45, 2.75) is 58.9 Å². The molecule has 3 aromatic rings. The van der Waals surface area contributed by atoms with E-state index in [2.05, 4.69) is 87.7 Å². The topological polar surface area (TPSA) is 27.1 Å². The molecule has 0 saturated heterocycles. The fourth-order valence-corrected chi connectivity index (χ4v) is 3.24. The zero-order valence-electron chi connectivity index (χ0n) is 16.6. The van der Waals surface area contributed by atoms with E-state index in [1.165, 1.54) is 11.1 Å². The van der Waals surface area contributed by atoms with Gasteiger partial charge in [0, 0.05) is 12.0 Å². The van der Waals surface area contributed by atoms with Gasteiger partial charge in [-0.25, -0.2) is 4.98 Å². The Balaban J connectivity index is 1.66. The van der Waals surface area contributed by atoms with Crippen LogP contribution in [0.3, 0.4) is 0 Å². The average Bonchev–Trinajstić information content (AvgIpc) is 2.98. The van der Waals surface area contributed by atoms with Crippen molar-refractivity contribution in [2.24, 2.45) is 0 Å². The summed E-state index contributed by atoms with van der Waals surface area (Å²) < 4.78 is 8.29. The molecule has 0 saturated carbocycles. The molecule has 3 nitrogen and oxygen atoms in total. The van der Waals surface area contributed by atoms with Crippen molar-refractivity contribution >= 4 is 11.0 Å². The molecule has 0 N–H and O–H groups in total. The average molecular weight is 351 g/mol. The SMILES string of the molecule is CC(C)c1ccc(OCCCn2c(C(C)(C)C)nc3ccccc32)cc1. The highest BCUT2D eigenvalue weighted by atomic mass is 16.5. The van der Waals surface area contributed by atoms with Gasteiger partial charge in [-0.2, -0.15) is 0 Å². The first-order valence-corrected chi connectivity index (χ1v) is 9.55. The van der Waals surface area contributed by atoms with Gasteiger partial charge in [0.05, 0.1) is 17.6 Å². The van der Waals surface area contributed by atoms with Crippen molar-refractivity contribution in [3.8, 4) is 5.75 Å². The summed E-state index contributed by atoms with van der Waals surface area (Å²) >= 11 is 0. The lowest BCUT2D eigenvalue weighted by Gasteiger charge is -2.20. The molecule has 138 valence electrons. The van der Waals surface area contributed by atoms with Crippen molar-refractivity contribution in [2.75, 3.05) is 6.61 Å². The predicted octanol–water partition coefficient (Wildman–Crippen LogP) is 5.93. The Labute approximate surface area is 157 Å². The van der Waals surface area contributed by atoms with Crippen molar-refractivity contribution in [1.82, 2.24) is 9.55 Å². The molecular weight excluding hydrogens is 320 g/mol. The number of aromatic nitrogens is 2. The summed E-state index contributed by atoms with van der Waals surface area (Å²) in [6.07, 6.45) is 0.954. The number of nitrogens with zero attached hydrogens (tertiary/aromatic N) is 2. The van der Waals surface area contributed by atoms with Gasteiger partial charge in [0.2, 0.25) is 0 Å². The first-order chi connectivity index (χ1) is 12.4. The highest BCUT2D eigenvalue weighted by molar-refractivity contribution is 5.76. The van der Waals surface area contributed by atoms with Crippen LogP contribution in [0.2, 0.25) is 0 Å². The summed E-state index contributed by atoms with van der Waals surface area (Å²) in [6.45, 7) is 12.7. The molecule has 3 rings (SSSR count). The zero-order chi connectivity index (χ0) is 18.7. The van der Waals surface area contributed by atoms with E-state index in [1.807, 2.05) is 0 Å². The molecule has 0 atom stereocenters. The van der Waals surface area contributed by atoms with Crippen molar-refractivity contribution in [3.63, 3.8) is 0 Å².